The van der Waals surface area contributed by atoms with Crippen LogP contribution in [0.1, 0.15) is 92.1 Å². The third kappa shape index (κ3) is 10.9. The number of ether oxygens (including phenoxy) is 3. The van der Waals surface area contributed by atoms with E-state index in [-0.39, 0.29) is 48.5 Å². The van der Waals surface area contributed by atoms with Gasteiger partial charge in [0.15, 0.2) is 11.5 Å². The van der Waals surface area contributed by atoms with E-state index in [1.165, 1.54) is 12.1 Å². The van der Waals surface area contributed by atoms with E-state index in [9.17, 15) is 24.3 Å². The number of hydrogen-bond acceptors (Lipinski definition) is 8. The van der Waals surface area contributed by atoms with Crippen molar-refractivity contribution < 1.29 is 38.5 Å². The molecule has 0 fully saturated rings. The minimum atomic E-state index is -1.32. The van der Waals surface area contributed by atoms with Gasteiger partial charge in [-0.15, -0.1) is 0 Å². The van der Waals surface area contributed by atoms with Crippen LogP contribution in [0.3, 0.4) is 0 Å². The Morgan fingerprint density at radius 2 is 1.38 bits per heavy atom. The van der Waals surface area contributed by atoms with Gasteiger partial charge < -0.3 is 25.1 Å². The van der Waals surface area contributed by atoms with E-state index in [0.717, 1.165) is 12.8 Å². The van der Waals surface area contributed by atoms with Gasteiger partial charge in [0.25, 0.3) is 0 Å². The predicted molar refractivity (Wildman–Crippen MR) is 139 cm³/mol. The van der Waals surface area contributed by atoms with E-state index < -0.39 is 41.9 Å². The molecule has 1 aromatic rings. The van der Waals surface area contributed by atoms with Crippen LogP contribution in [0.25, 0.3) is 0 Å². The van der Waals surface area contributed by atoms with Gasteiger partial charge in [0.05, 0.1) is 12.0 Å². The van der Waals surface area contributed by atoms with E-state index in [2.05, 4.69) is 0 Å². The van der Waals surface area contributed by atoms with E-state index in [4.69, 9.17) is 19.9 Å². The van der Waals surface area contributed by atoms with Gasteiger partial charge in [-0.25, -0.2) is 0 Å². The number of carbonyl (C=O) groups excluding carboxylic acids is 3. The Bertz CT molecular complexity index is 929. The van der Waals surface area contributed by atoms with Crippen molar-refractivity contribution in [2.75, 3.05) is 0 Å². The average molecular weight is 522 g/mol. The molecule has 9 nitrogen and oxygen atoms in total. The summed E-state index contributed by atoms with van der Waals surface area (Å²) in [5, 5.41) is 9.63. The van der Waals surface area contributed by atoms with E-state index in [0.29, 0.717) is 5.56 Å². The van der Waals surface area contributed by atoms with Crippen molar-refractivity contribution in [2.24, 2.45) is 23.5 Å². The maximum Gasteiger partial charge on any atom is 0.321 e. The number of carboxylic acid groups (broad SMARTS) is 1. The highest BCUT2D eigenvalue weighted by Gasteiger charge is 2.30. The van der Waals surface area contributed by atoms with Crippen molar-refractivity contribution in [3.05, 3.63) is 23.8 Å². The summed E-state index contributed by atoms with van der Waals surface area (Å²) in [5.41, 5.74) is 6.48. The van der Waals surface area contributed by atoms with Crippen molar-refractivity contribution in [1.29, 1.82) is 0 Å². The Kier molecular flexibility index (Phi) is 13.3. The molecule has 0 radical (unpaired) electrons. The van der Waals surface area contributed by atoms with Crippen LogP contribution in [-0.4, -0.2) is 41.1 Å². The molecule has 1 aromatic carbocycles. The lowest BCUT2D eigenvalue weighted by Crippen LogP contribution is -2.38. The molecule has 0 aromatic heterocycles. The zero-order chi connectivity index (χ0) is 28.3. The fourth-order valence-corrected chi connectivity index (χ4v) is 3.51. The molecule has 0 amide bonds. The van der Waals surface area contributed by atoms with Crippen LogP contribution < -0.4 is 15.2 Å². The molecular weight excluding hydrogens is 478 g/mol. The van der Waals surface area contributed by atoms with Gasteiger partial charge in [-0.2, -0.15) is 0 Å². The topological polar surface area (TPSA) is 142 Å². The Morgan fingerprint density at radius 1 is 0.865 bits per heavy atom. The SMILES string of the molecule is CCC(C)CC(=O)Oc1ccc(C(CC(C)OC(=O)C(C)C)[C@H](N)C(=O)O)cc1OC(=O)CC(C)CC. The Morgan fingerprint density at radius 3 is 1.84 bits per heavy atom. The molecule has 37 heavy (non-hydrogen) atoms. The molecule has 0 spiro atoms. The van der Waals surface area contributed by atoms with Crippen molar-refractivity contribution in [3.63, 3.8) is 0 Å². The summed E-state index contributed by atoms with van der Waals surface area (Å²) in [6.07, 6.45) is 1.47. The molecule has 1 rings (SSSR count). The minimum Gasteiger partial charge on any atom is -0.480 e. The minimum absolute atomic E-state index is 0.0118. The van der Waals surface area contributed by atoms with Gasteiger partial charge in [0.1, 0.15) is 6.04 Å². The van der Waals surface area contributed by atoms with Crippen LogP contribution in [-0.2, 0) is 23.9 Å². The van der Waals surface area contributed by atoms with Crippen molar-refractivity contribution in [1.82, 2.24) is 0 Å². The summed E-state index contributed by atoms with van der Waals surface area (Å²) in [6.45, 7) is 12.9. The fourth-order valence-electron chi connectivity index (χ4n) is 3.51. The monoisotopic (exact) mass is 521 g/mol. The van der Waals surface area contributed by atoms with E-state index in [1.807, 2.05) is 27.7 Å². The van der Waals surface area contributed by atoms with Crippen LogP contribution in [0.5, 0.6) is 11.5 Å². The number of hydrogen-bond donors (Lipinski definition) is 2. The van der Waals surface area contributed by atoms with Gasteiger partial charge in [-0.05, 0) is 42.9 Å². The quantitative estimate of drug-likeness (QED) is 0.245. The number of nitrogens with two attached hydrogens (primary N) is 1. The molecule has 0 aliphatic rings. The first-order valence-corrected chi connectivity index (χ1v) is 13.0. The van der Waals surface area contributed by atoms with Gasteiger partial charge >= 0.3 is 23.9 Å². The Balaban J connectivity index is 3.37. The summed E-state index contributed by atoms with van der Waals surface area (Å²) in [5.74, 6) is -3.41. The molecule has 4 unspecified atom stereocenters. The molecule has 3 N–H and O–H groups in total. The van der Waals surface area contributed by atoms with Gasteiger partial charge in [-0.3, -0.25) is 19.2 Å². The maximum atomic E-state index is 12.6. The standard InChI is InChI=1S/C28H43NO8/c1-8-17(5)12-24(30)36-22-11-10-20(15-23(22)37-25(31)13-18(6)9-2)21(26(29)27(32)33)14-19(7)35-28(34)16(3)4/h10-11,15-19,21,26H,8-9,12-14,29H2,1-7H3,(H,32,33)/t17?,18?,19?,21?,26-/m0/s1. The lowest BCUT2D eigenvalue weighted by Gasteiger charge is -2.26. The molecule has 208 valence electrons. The highest BCUT2D eigenvalue weighted by atomic mass is 16.6. The predicted octanol–water partition coefficient (Wildman–Crippen LogP) is 4.84. The largest absolute Gasteiger partial charge is 0.480 e. The first kappa shape index (κ1) is 32.1. The average Bonchev–Trinajstić information content (AvgIpc) is 2.82. The number of carbonyl (C=O) groups is 4. The molecule has 9 heteroatoms. The summed E-state index contributed by atoms with van der Waals surface area (Å²) < 4.78 is 16.5. The zero-order valence-corrected chi connectivity index (χ0v) is 23.1. The molecule has 0 bridgehead atoms. The van der Waals surface area contributed by atoms with Crippen LogP contribution in [0.4, 0.5) is 0 Å². The Labute approximate surface area is 220 Å². The van der Waals surface area contributed by atoms with Crippen molar-refractivity contribution in [3.8, 4) is 11.5 Å². The van der Waals surface area contributed by atoms with E-state index in [1.54, 1.807) is 26.8 Å². The second kappa shape index (κ2) is 15.3. The van der Waals surface area contributed by atoms with Crippen LogP contribution in [0.15, 0.2) is 18.2 Å². The molecule has 0 aliphatic carbocycles. The smallest absolute Gasteiger partial charge is 0.321 e. The van der Waals surface area contributed by atoms with Crippen molar-refractivity contribution >= 4 is 23.9 Å². The summed E-state index contributed by atoms with van der Waals surface area (Å²) in [7, 11) is 0. The van der Waals surface area contributed by atoms with Gasteiger partial charge in [0, 0.05) is 18.8 Å². The number of rotatable bonds is 15. The third-order valence-electron chi connectivity index (χ3n) is 6.36. The second-order valence-corrected chi connectivity index (χ2v) is 10.2. The van der Waals surface area contributed by atoms with Crippen LogP contribution in [0, 0.1) is 17.8 Å². The van der Waals surface area contributed by atoms with Gasteiger partial charge in [0.2, 0.25) is 0 Å². The molecule has 0 heterocycles. The summed E-state index contributed by atoms with van der Waals surface area (Å²) >= 11 is 0. The maximum absolute atomic E-state index is 12.6. The Hall–Kier alpha value is -2.94. The first-order valence-electron chi connectivity index (χ1n) is 13.0. The lowest BCUT2D eigenvalue weighted by atomic mass is 9.87. The van der Waals surface area contributed by atoms with Gasteiger partial charge in [-0.1, -0.05) is 60.5 Å². The first-order chi connectivity index (χ1) is 17.3. The third-order valence-corrected chi connectivity index (χ3v) is 6.36. The molecule has 0 aliphatic heterocycles. The zero-order valence-electron chi connectivity index (χ0n) is 23.1. The summed E-state index contributed by atoms with van der Waals surface area (Å²) in [6, 6.07) is 3.22. The van der Waals surface area contributed by atoms with Crippen LogP contribution in [0.2, 0.25) is 0 Å². The fraction of sp³-hybridized carbons (Fsp3) is 0.643. The normalized spacial score (nSPS) is 15.3. The molecular formula is C28H43NO8. The number of carboxylic acids is 1. The number of esters is 3. The lowest BCUT2D eigenvalue weighted by molar-refractivity contribution is -0.152. The highest BCUT2D eigenvalue weighted by molar-refractivity contribution is 5.77. The second-order valence-electron chi connectivity index (χ2n) is 10.2. The van der Waals surface area contributed by atoms with Crippen molar-refractivity contribution in [2.45, 2.75) is 98.6 Å². The molecule has 5 atom stereocenters. The molecule has 0 saturated heterocycles. The number of aliphatic carboxylic acids is 1. The summed E-state index contributed by atoms with van der Waals surface area (Å²) in [4.78, 5) is 48.9. The van der Waals surface area contributed by atoms with E-state index >= 15 is 0 Å². The highest BCUT2D eigenvalue weighted by Crippen LogP contribution is 2.35. The molecule has 0 saturated carbocycles. The number of benzene rings is 1. The van der Waals surface area contributed by atoms with Crippen LogP contribution >= 0.6 is 0 Å².